The van der Waals surface area contributed by atoms with Crippen LogP contribution in [0.1, 0.15) is 31.9 Å². The molecule has 0 aliphatic carbocycles. The summed E-state index contributed by atoms with van der Waals surface area (Å²) in [5, 5.41) is 7.34. The minimum absolute atomic E-state index is 0.0160. The third kappa shape index (κ3) is 3.66. The number of hydrogen-bond donors (Lipinski definition) is 1. The van der Waals surface area contributed by atoms with E-state index in [0.717, 1.165) is 12.1 Å². The number of rotatable bonds is 6. The Morgan fingerprint density at radius 3 is 2.88 bits per heavy atom. The zero-order chi connectivity index (χ0) is 12.0. The molecular weight excluding hydrogens is 206 g/mol. The fourth-order valence-electron chi connectivity index (χ4n) is 1.56. The fourth-order valence-corrected chi connectivity index (χ4v) is 1.56. The van der Waals surface area contributed by atoms with Crippen molar-refractivity contribution in [1.82, 2.24) is 15.1 Å². The molecule has 1 unspecified atom stereocenters. The molecule has 0 spiro atoms. The van der Waals surface area contributed by atoms with Gasteiger partial charge < -0.3 is 10.1 Å². The molecule has 1 rings (SSSR count). The van der Waals surface area contributed by atoms with Gasteiger partial charge in [-0.05, 0) is 13.5 Å². The van der Waals surface area contributed by atoms with E-state index in [-0.39, 0.29) is 12.0 Å². The maximum atomic E-state index is 11.4. The monoisotopic (exact) mass is 225 g/mol. The molecule has 0 amide bonds. The van der Waals surface area contributed by atoms with Crippen LogP contribution < -0.4 is 5.32 Å². The van der Waals surface area contributed by atoms with Gasteiger partial charge in [-0.2, -0.15) is 5.10 Å². The molecule has 1 heterocycles. The second kappa shape index (κ2) is 6.27. The van der Waals surface area contributed by atoms with Gasteiger partial charge in [0, 0.05) is 24.8 Å². The van der Waals surface area contributed by atoms with Gasteiger partial charge in [0.25, 0.3) is 0 Å². The van der Waals surface area contributed by atoms with Crippen LogP contribution in [0.15, 0.2) is 12.4 Å². The Morgan fingerprint density at radius 1 is 1.62 bits per heavy atom. The normalized spacial score (nSPS) is 12.4. The van der Waals surface area contributed by atoms with Gasteiger partial charge in [-0.3, -0.25) is 9.48 Å². The lowest BCUT2D eigenvalue weighted by Gasteiger charge is -2.15. The van der Waals surface area contributed by atoms with Crippen LogP contribution in [0, 0.1) is 0 Å². The number of ether oxygens (including phenoxy) is 1. The first-order valence-corrected chi connectivity index (χ1v) is 5.54. The van der Waals surface area contributed by atoms with E-state index in [1.807, 2.05) is 27.1 Å². The Balaban J connectivity index is 2.64. The van der Waals surface area contributed by atoms with Crippen molar-refractivity contribution in [1.29, 1.82) is 0 Å². The first-order valence-electron chi connectivity index (χ1n) is 5.54. The van der Waals surface area contributed by atoms with Crippen LogP contribution in [0.2, 0.25) is 0 Å². The van der Waals surface area contributed by atoms with E-state index >= 15 is 0 Å². The predicted molar refractivity (Wildman–Crippen MR) is 60.9 cm³/mol. The number of aryl methyl sites for hydroxylation is 1. The van der Waals surface area contributed by atoms with Crippen LogP contribution in [0.5, 0.6) is 0 Å². The lowest BCUT2D eigenvalue weighted by atomic mass is 10.1. The van der Waals surface area contributed by atoms with E-state index in [2.05, 4.69) is 10.4 Å². The van der Waals surface area contributed by atoms with Crippen molar-refractivity contribution in [2.75, 3.05) is 13.2 Å². The van der Waals surface area contributed by atoms with Crippen molar-refractivity contribution in [3.8, 4) is 0 Å². The van der Waals surface area contributed by atoms with E-state index < -0.39 is 0 Å². The zero-order valence-electron chi connectivity index (χ0n) is 10.1. The molecule has 0 radical (unpaired) electrons. The quantitative estimate of drug-likeness (QED) is 0.734. The number of carbonyl (C=O) groups excluding carboxylic acids is 1. The lowest BCUT2D eigenvalue weighted by Crippen LogP contribution is -2.24. The first-order chi connectivity index (χ1) is 7.67. The van der Waals surface area contributed by atoms with Crippen molar-refractivity contribution < 1.29 is 9.53 Å². The lowest BCUT2D eigenvalue weighted by molar-refractivity contribution is -0.143. The summed E-state index contributed by atoms with van der Waals surface area (Å²) in [5.41, 5.74) is 1.01. The third-order valence-electron chi connectivity index (χ3n) is 2.25. The number of nitrogens with one attached hydrogen (secondary N) is 1. The van der Waals surface area contributed by atoms with Gasteiger partial charge in [0.15, 0.2) is 0 Å². The van der Waals surface area contributed by atoms with Gasteiger partial charge >= 0.3 is 5.97 Å². The minimum Gasteiger partial charge on any atom is -0.466 e. The summed E-state index contributed by atoms with van der Waals surface area (Å²) in [6.07, 6.45) is 4.02. The van der Waals surface area contributed by atoms with Gasteiger partial charge in [0.1, 0.15) is 0 Å². The highest BCUT2D eigenvalue weighted by Gasteiger charge is 2.16. The predicted octanol–water partition coefficient (Wildman–Crippen LogP) is 1.02. The van der Waals surface area contributed by atoms with E-state index in [0.29, 0.717) is 13.0 Å². The minimum atomic E-state index is -0.183. The van der Waals surface area contributed by atoms with Gasteiger partial charge in [-0.15, -0.1) is 0 Å². The van der Waals surface area contributed by atoms with Crippen molar-refractivity contribution in [2.24, 2.45) is 7.05 Å². The Hall–Kier alpha value is -1.36. The van der Waals surface area contributed by atoms with Crippen LogP contribution in [0.25, 0.3) is 0 Å². The van der Waals surface area contributed by atoms with Crippen molar-refractivity contribution in [2.45, 2.75) is 26.3 Å². The number of hydrogen-bond acceptors (Lipinski definition) is 4. The van der Waals surface area contributed by atoms with Crippen LogP contribution >= 0.6 is 0 Å². The van der Waals surface area contributed by atoms with Crippen LogP contribution in [-0.2, 0) is 16.6 Å². The summed E-state index contributed by atoms with van der Waals surface area (Å²) < 4.78 is 6.67. The molecule has 0 aliphatic rings. The highest BCUT2D eigenvalue weighted by atomic mass is 16.5. The van der Waals surface area contributed by atoms with E-state index in [4.69, 9.17) is 4.74 Å². The first kappa shape index (κ1) is 12.7. The Labute approximate surface area is 95.8 Å². The topological polar surface area (TPSA) is 56.1 Å². The zero-order valence-corrected chi connectivity index (χ0v) is 10.1. The molecule has 90 valence electrons. The molecule has 0 bridgehead atoms. The molecule has 0 fully saturated rings. The molecule has 1 aromatic rings. The SMILES string of the molecule is CCNC(CC(=O)OCC)c1cnn(C)c1. The number of aromatic nitrogens is 2. The average molecular weight is 225 g/mol. The Morgan fingerprint density at radius 2 is 2.38 bits per heavy atom. The van der Waals surface area contributed by atoms with Gasteiger partial charge in [0.05, 0.1) is 19.2 Å². The van der Waals surface area contributed by atoms with Crippen molar-refractivity contribution >= 4 is 5.97 Å². The van der Waals surface area contributed by atoms with Crippen LogP contribution in [0.4, 0.5) is 0 Å². The van der Waals surface area contributed by atoms with Gasteiger partial charge in [0.2, 0.25) is 0 Å². The molecule has 1 N–H and O–H groups in total. The summed E-state index contributed by atoms with van der Waals surface area (Å²) in [6, 6.07) is -0.0160. The molecule has 16 heavy (non-hydrogen) atoms. The molecule has 5 heteroatoms. The number of esters is 1. The van der Waals surface area contributed by atoms with Gasteiger partial charge in [-0.1, -0.05) is 6.92 Å². The molecular formula is C11H19N3O2. The second-order valence-electron chi connectivity index (χ2n) is 3.57. The Kier molecular flexibility index (Phi) is 4.98. The van der Waals surface area contributed by atoms with E-state index in [1.54, 1.807) is 10.9 Å². The van der Waals surface area contributed by atoms with Crippen LogP contribution in [-0.4, -0.2) is 28.9 Å². The van der Waals surface area contributed by atoms with Crippen molar-refractivity contribution in [3.05, 3.63) is 18.0 Å². The number of nitrogens with zero attached hydrogens (tertiary/aromatic N) is 2. The van der Waals surface area contributed by atoms with Crippen molar-refractivity contribution in [3.63, 3.8) is 0 Å². The third-order valence-corrected chi connectivity index (χ3v) is 2.25. The van der Waals surface area contributed by atoms with E-state index in [9.17, 15) is 4.79 Å². The molecule has 0 saturated heterocycles. The van der Waals surface area contributed by atoms with Gasteiger partial charge in [-0.25, -0.2) is 0 Å². The molecule has 1 aromatic heterocycles. The summed E-state index contributed by atoms with van der Waals surface area (Å²) in [6.45, 7) is 5.04. The summed E-state index contributed by atoms with van der Waals surface area (Å²) in [4.78, 5) is 11.4. The molecule has 0 saturated carbocycles. The smallest absolute Gasteiger partial charge is 0.307 e. The highest BCUT2D eigenvalue weighted by Crippen LogP contribution is 2.16. The number of carbonyl (C=O) groups is 1. The fraction of sp³-hybridized carbons (Fsp3) is 0.636. The largest absolute Gasteiger partial charge is 0.466 e. The summed E-state index contributed by atoms with van der Waals surface area (Å²) >= 11 is 0. The standard InChI is InChI=1S/C11H19N3O2/c1-4-12-10(6-11(15)16-5-2)9-7-13-14(3)8-9/h7-8,10,12H,4-6H2,1-3H3. The van der Waals surface area contributed by atoms with E-state index in [1.165, 1.54) is 0 Å². The maximum absolute atomic E-state index is 11.4. The summed E-state index contributed by atoms with van der Waals surface area (Å²) in [7, 11) is 1.86. The maximum Gasteiger partial charge on any atom is 0.307 e. The highest BCUT2D eigenvalue weighted by molar-refractivity contribution is 5.70. The Bertz CT molecular complexity index is 336. The summed E-state index contributed by atoms with van der Waals surface area (Å²) in [5.74, 6) is -0.183. The molecule has 0 aromatic carbocycles. The molecule has 5 nitrogen and oxygen atoms in total. The molecule has 0 aliphatic heterocycles. The second-order valence-corrected chi connectivity index (χ2v) is 3.57. The average Bonchev–Trinajstić information content (AvgIpc) is 2.64. The van der Waals surface area contributed by atoms with Crippen LogP contribution in [0.3, 0.4) is 0 Å². The molecule has 1 atom stereocenters.